The molecule has 1 N–H and O–H groups in total. The first-order chi connectivity index (χ1) is 7.33. The van der Waals surface area contributed by atoms with Crippen molar-refractivity contribution in [1.82, 2.24) is 9.97 Å². The molecular weight excluding hydrogens is 188 g/mol. The second-order valence-corrected chi connectivity index (χ2v) is 4.15. The summed E-state index contributed by atoms with van der Waals surface area (Å²) in [6, 6.07) is 8.09. The van der Waals surface area contributed by atoms with Crippen LogP contribution in [0.1, 0.15) is 31.7 Å². The van der Waals surface area contributed by atoms with E-state index in [1.54, 1.807) is 0 Å². The molecule has 0 amide bonds. The van der Waals surface area contributed by atoms with Gasteiger partial charge in [-0.05, 0) is 31.9 Å². The Kier molecular flexibility index (Phi) is 1.99. The topological polar surface area (TPSA) is 37.9 Å². The fourth-order valence-corrected chi connectivity index (χ4v) is 2.13. The summed E-state index contributed by atoms with van der Waals surface area (Å²) in [4.78, 5) is 7.87. The number of benzene rings is 1. The number of fused-ring (bicyclic) bond motifs is 1. The molecule has 0 bridgehead atoms. The van der Waals surface area contributed by atoms with Crippen LogP contribution in [0.2, 0.25) is 0 Å². The number of aromatic nitrogens is 2. The van der Waals surface area contributed by atoms with E-state index in [1.165, 1.54) is 0 Å². The number of hydrogen-bond donors (Lipinski definition) is 1. The maximum Gasteiger partial charge on any atom is 0.136 e. The Labute approximate surface area is 88.5 Å². The van der Waals surface area contributed by atoms with Gasteiger partial charge in [0.2, 0.25) is 0 Å². The van der Waals surface area contributed by atoms with Gasteiger partial charge in [-0.1, -0.05) is 12.1 Å². The van der Waals surface area contributed by atoms with Crippen LogP contribution in [-0.4, -0.2) is 16.1 Å². The lowest BCUT2D eigenvalue weighted by atomic mass is 10.2. The SMILES string of the molecule is CC1CCC(c2nc3ccccc3[nH]2)O1. The van der Waals surface area contributed by atoms with Crippen molar-refractivity contribution in [3.8, 4) is 0 Å². The van der Waals surface area contributed by atoms with Crippen molar-refractivity contribution in [2.24, 2.45) is 0 Å². The average molecular weight is 202 g/mol. The fourth-order valence-electron chi connectivity index (χ4n) is 2.13. The minimum atomic E-state index is 0.160. The summed E-state index contributed by atoms with van der Waals surface area (Å²) >= 11 is 0. The third-order valence-electron chi connectivity index (χ3n) is 2.94. The van der Waals surface area contributed by atoms with Crippen molar-refractivity contribution >= 4 is 11.0 Å². The molecule has 1 aromatic carbocycles. The first-order valence-electron chi connectivity index (χ1n) is 5.43. The average Bonchev–Trinajstić information content (AvgIpc) is 2.82. The molecule has 78 valence electrons. The zero-order chi connectivity index (χ0) is 10.3. The van der Waals surface area contributed by atoms with Crippen LogP contribution in [0.3, 0.4) is 0 Å². The van der Waals surface area contributed by atoms with Crippen molar-refractivity contribution < 1.29 is 4.74 Å². The molecule has 2 unspecified atom stereocenters. The first-order valence-corrected chi connectivity index (χ1v) is 5.43. The van der Waals surface area contributed by atoms with Gasteiger partial charge in [0.05, 0.1) is 17.1 Å². The summed E-state index contributed by atoms with van der Waals surface area (Å²) in [5.74, 6) is 0.973. The van der Waals surface area contributed by atoms with Crippen molar-refractivity contribution in [2.75, 3.05) is 0 Å². The molecule has 1 aromatic heterocycles. The Morgan fingerprint density at radius 2 is 2.20 bits per heavy atom. The molecule has 3 nitrogen and oxygen atoms in total. The van der Waals surface area contributed by atoms with Gasteiger partial charge in [0.1, 0.15) is 11.9 Å². The summed E-state index contributed by atoms with van der Waals surface area (Å²) in [5, 5.41) is 0. The van der Waals surface area contributed by atoms with E-state index >= 15 is 0 Å². The maximum atomic E-state index is 5.78. The Morgan fingerprint density at radius 3 is 2.93 bits per heavy atom. The minimum absolute atomic E-state index is 0.160. The van der Waals surface area contributed by atoms with Crippen LogP contribution >= 0.6 is 0 Å². The zero-order valence-corrected chi connectivity index (χ0v) is 8.73. The second-order valence-electron chi connectivity index (χ2n) is 4.15. The molecule has 0 radical (unpaired) electrons. The second kappa shape index (κ2) is 3.35. The van der Waals surface area contributed by atoms with Crippen LogP contribution in [0.25, 0.3) is 11.0 Å². The van der Waals surface area contributed by atoms with E-state index in [4.69, 9.17) is 4.74 Å². The van der Waals surface area contributed by atoms with E-state index in [0.29, 0.717) is 6.10 Å². The summed E-state index contributed by atoms with van der Waals surface area (Å²) in [6.07, 6.45) is 2.72. The molecule has 1 aliphatic rings. The number of nitrogens with one attached hydrogen (secondary N) is 1. The molecule has 1 fully saturated rings. The van der Waals surface area contributed by atoms with E-state index in [1.807, 2.05) is 24.3 Å². The van der Waals surface area contributed by atoms with Crippen molar-refractivity contribution in [2.45, 2.75) is 32.0 Å². The van der Waals surface area contributed by atoms with Crippen LogP contribution < -0.4 is 0 Å². The number of rotatable bonds is 1. The molecular formula is C12H14N2O. The molecule has 2 heterocycles. The van der Waals surface area contributed by atoms with Gasteiger partial charge in [-0.2, -0.15) is 0 Å². The number of ether oxygens (including phenoxy) is 1. The summed E-state index contributed by atoms with van der Waals surface area (Å²) < 4.78 is 5.78. The van der Waals surface area contributed by atoms with Crippen LogP contribution in [0.15, 0.2) is 24.3 Å². The third kappa shape index (κ3) is 1.53. The summed E-state index contributed by atoms with van der Waals surface area (Å²) in [5.41, 5.74) is 2.12. The first kappa shape index (κ1) is 8.92. The predicted octanol–water partition coefficient (Wildman–Crippen LogP) is 2.80. The molecule has 15 heavy (non-hydrogen) atoms. The van der Waals surface area contributed by atoms with E-state index in [2.05, 4.69) is 16.9 Å². The highest BCUT2D eigenvalue weighted by Crippen LogP contribution is 2.31. The van der Waals surface area contributed by atoms with Gasteiger partial charge < -0.3 is 9.72 Å². The highest BCUT2D eigenvalue weighted by Gasteiger charge is 2.25. The maximum absolute atomic E-state index is 5.78. The number of aromatic amines is 1. The fraction of sp³-hybridized carbons (Fsp3) is 0.417. The van der Waals surface area contributed by atoms with Crippen LogP contribution in [0.5, 0.6) is 0 Å². The van der Waals surface area contributed by atoms with E-state index < -0.39 is 0 Å². The minimum Gasteiger partial charge on any atom is -0.367 e. The molecule has 0 spiro atoms. The lowest BCUT2D eigenvalue weighted by molar-refractivity contribution is 0.0510. The Hall–Kier alpha value is -1.35. The van der Waals surface area contributed by atoms with Gasteiger partial charge in [0.25, 0.3) is 0 Å². The molecule has 3 heteroatoms. The molecule has 0 saturated carbocycles. The Morgan fingerprint density at radius 1 is 1.33 bits per heavy atom. The monoisotopic (exact) mass is 202 g/mol. The van der Waals surface area contributed by atoms with Crippen LogP contribution in [0, 0.1) is 0 Å². The van der Waals surface area contributed by atoms with Crippen molar-refractivity contribution in [1.29, 1.82) is 0 Å². The molecule has 3 rings (SSSR count). The summed E-state index contributed by atoms with van der Waals surface area (Å²) in [7, 11) is 0. The van der Waals surface area contributed by atoms with E-state index in [0.717, 1.165) is 29.7 Å². The largest absolute Gasteiger partial charge is 0.367 e. The third-order valence-corrected chi connectivity index (χ3v) is 2.94. The van der Waals surface area contributed by atoms with Gasteiger partial charge >= 0.3 is 0 Å². The van der Waals surface area contributed by atoms with Crippen LogP contribution in [0.4, 0.5) is 0 Å². The highest BCUT2D eigenvalue weighted by molar-refractivity contribution is 5.74. The standard InChI is InChI=1S/C12H14N2O/c1-8-6-7-11(15-8)12-13-9-4-2-3-5-10(9)14-12/h2-5,8,11H,6-7H2,1H3,(H,13,14). The molecule has 2 atom stereocenters. The molecule has 1 aliphatic heterocycles. The number of para-hydroxylation sites is 2. The van der Waals surface area contributed by atoms with Crippen molar-refractivity contribution in [3.63, 3.8) is 0 Å². The van der Waals surface area contributed by atoms with Crippen LogP contribution in [-0.2, 0) is 4.74 Å². The van der Waals surface area contributed by atoms with Crippen molar-refractivity contribution in [3.05, 3.63) is 30.1 Å². The van der Waals surface area contributed by atoms with Gasteiger partial charge in [-0.15, -0.1) is 0 Å². The smallest absolute Gasteiger partial charge is 0.136 e. The van der Waals surface area contributed by atoms with Gasteiger partial charge in [0.15, 0.2) is 0 Å². The Balaban J connectivity index is 1.98. The van der Waals surface area contributed by atoms with Gasteiger partial charge in [-0.3, -0.25) is 0 Å². The number of hydrogen-bond acceptors (Lipinski definition) is 2. The molecule has 0 aliphatic carbocycles. The zero-order valence-electron chi connectivity index (χ0n) is 8.73. The number of nitrogens with zero attached hydrogens (tertiary/aromatic N) is 1. The summed E-state index contributed by atoms with van der Waals surface area (Å²) in [6.45, 7) is 2.11. The normalized spacial score (nSPS) is 26.2. The van der Waals surface area contributed by atoms with E-state index in [-0.39, 0.29) is 6.10 Å². The quantitative estimate of drug-likeness (QED) is 0.772. The lowest BCUT2D eigenvalue weighted by Gasteiger charge is -2.06. The molecule has 1 saturated heterocycles. The number of H-pyrrole nitrogens is 1. The Bertz CT molecular complexity index is 444. The van der Waals surface area contributed by atoms with E-state index in [9.17, 15) is 0 Å². The van der Waals surface area contributed by atoms with Gasteiger partial charge in [0, 0.05) is 0 Å². The predicted molar refractivity (Wildman–Crippen MR) is 58.6 cm³/mol. The van der Waals surface area contributed by atoms with Gasteiger partial charge in [-0.25, -0.2) is 4.98 Å². The number of imidazole rings is 1. The highest BCUT2D eigenvalue weighted by atomic mass is 16.5. The lowest BCUT2D eigenvalue weighted by Crippen LogP contribution is -2.02. The molecule has 2 aromatic rings.